The minimum Gasteiger partial charge on any atom is -0.478 e. The molecule has 0 aliphatic carbocycles. The van der Waals surface area contributed by atoms with Crippen LogP contribution < -0.4 is 0 Å². The lowest BCUT2D eigenvalue weighted by molar-refractivity contribution is 0.0697. The lowest BCUT2D eigenvalue weighted by Crippen LogP contribution is -2.10. The molecular weight excluding hydrogens is 260 g/mol. The minimum absolute atomic E-state index is 0.145. The van der Waals surface area contributed by atoms with Crippen molar-refractivity contribution in [3.63, 3.8) is 0 Å². The molecule has 2 aromatic carbocycles. The van der Waals surface area contributed by atoms with Crippen LogP contribution in [0.5, 0.6) is 0 Å². The highest BCUT2D eigenvalue weighted by Crippen LogP contribution is 2.26. The molecule has 112 valence electrons. The lowest BCUT2D eigenvalue weighted by Gasteiger charge is -2.19. The third-order valence-corrected chi connectivity index (χ3v) is 3.22. The molecule has 0 fully saturated rings. The predicted molar refractivity (Wildman–Crippen MR) is 88.9 cm³/mol. The Bertz CT molecular complexity index is 572. The quantitative estimate of drug-likeness (QED) is 0.804. The molecule has 0 saturated carbocycles. The molecule has 0 spiro atoms. The first-order chi connectivity index (χ1) is 9.88. The van der Waals surface area contributed by atoms with Crippen LogP contribution in [-0.4, -0.2) is 11.1 Å². The Labute approximate surface area is 127 Å². The summed E-state index contributed by atoms with van der Waals surface area (Å²) in [6.07, 6.45) is 0. The van der Waals surface area contributed by atoms with E-state index >= 15 is 0 Å². The highest BCUT2D eigenvalue weighted by atomic mass is 16.4. The van der Waals surface area contributed by atoms with Crippen molar-refractivity contribution >= 4 is 5.97 Å². The van der Waals surface area contributed by atoms with E-state index < -0.39 is 5.97 Å². The van der Waals surface area contributed by atoms with Gasteiger partial charge in [0.15, 0.2) is 0 Å². The number of carboxylic acids is 1. The minimum atomic E-state index is -0.894. The van der Waals surface area contributed by atoms with Gasteiger partial charge < -0.3 is 5.11 Å². The van der Waals surface area contributed by atoms with Crippen LogP contribution in [0.2, 0.25) is 0 Å². The summed E-state index contributed by atoms with van der Waals surface area (Å²) in [6.45, 7) is 10.6. The summed E-state index contributed by atoms with van der Waals surface area (Å²) in [5.41, 5.74) is 3.88. The van der Waals surface area contributed by atoms with E-state index in [1.165, 1.54) is 5.56 Å². The number of benzene rings is 2. The van der Waals surface area contributed by atoms with Gasteiger partial charge in [0.1, 0.15) is 0 Å². The Balaban J connectivity index is 0.00000106. The first-order valence-corrected chi connectivity index (χ1v) is 7.32. The van der Waals surface area contributed by atoms with Gasteiger partial charge in [0, 0.05) is 0 Å². The van der Waals surface area contributed by atoms with Crippen molar-refractivity contribution in [3.8, 4) is 11.1 Å². The Morgan fingerprint density at radius 2 is 1.19 bits per heavy atom. The maximum atomic E-state index is 10.8. The Morgan fingerprint density at radius 3 is 1.52 bits per heavy atom. The molecule has 0 saturated heterocycles. The number of carboxylic acid groups (broad SMARTS) is 1. The highest BCUT2D eigenvalue weighted by molar-refractivity contribution is 5.88. The SMILES string of the molecule is CC.CC(C)(C)c1ccc(-c2ccc(C(=O)O)cc2)cc1. The molecule has 2 rings (SSSR count). The number of aromatic carboxylic acids is 1. The second-order valence-electron chi connectivity index (χ2n) is 5.71. The average molecular weight is 284 g/mol. The molecule has 1 N–H and O–H groups in total. The Morgan fingerprint density at radius 1 is 0.810 bits per heavy atom. The molecule has 0 unspecified atom stereocenters. The van der Waals surface area contributed by atoms with Gasteiger partial charge in [0.25, 0.3) is 0 Å². The summed E-state index contributed by atoms with van der Waals surface area (Å²) in [5.74, 6) is -0.894. The number of hydrogen-bond acceptors (Lipinski definition) is 1. The standard InChI is InChI=1S/C17H18O2.C2H6/c1-17(2,3)15-10-8-13(9-11-15)12-4-6-14(7-5-12)16(18)19;1-2/h4-11H,1-3H3,(H,18,19);1-2H3. The molecule has 0 aromatic heterocycles. The van der Waals surface area contributed by atoms with Crippen LogP contribution in [0.15, 0.2) is 48.5 Å². The van der Waals surface area contributed by atoms with Gasteiger partial charge in [-0.1, -0.05) is 71.0 Å². The monoisotopic (exact) mass is 284 g/mol. The first-order valence-electron chi connectivity index (χ1n) is 7.32. The second kappa shape index (κ2) is 7.07. The van der Waals surface area contributed by atoms with Crippen molar-refractivity contribution in [3.05, 3.63) is 59.7 Å². The molecule has 2 aromatic rings. The van der Waals surface area contributed by atoms with E-state index in [1.807, 2.05) is 26.0 Å². The number of hydrogen-bond donors (Lipinski definition) is 1. The molecule has 0 aliphatic rings. The van der Waals surface area contributed by atoms with Crippen molar-refractivity contribution in [2.24, 2.45) is 0 Å². The van der Waals surface area contributed by atoms with Gasteiger partial charge >= 0.3 is 5.97 Å². The fraction of sp³-hybridized carbons (Fsp3) is 0.316. The summed E-state index contributed by atoms with van der Waals surface area (Å²) >= 11 is 0. The largest absolute Gasteiger partial charge is 0.478 e. The molecule has 0 amide bonds. The van der Waals surface area contributed by atoms with Crippen molar-refractivity contribution in [2.75, 3.05) is 0 Å². The van der Waals surface area contributed by atoms with E-state index in [-0.39, 0.29) is 5.41 Å². The van der Waals surface area contributed by atoms with Crippen LogP contribution in [-0.2, 0) is 5.41 Å². The van der Waals surface area contributed by atoms with Gasteiger partial charge in [-0.2, -0.15) is 0 Å². The van der Waals surface area contributed by atoms with Gasteiger partial charge in [0.2, 0.25) is 0 Å². The van der Waals surface area contributed by atoms with E-state index in [0.717, 1.165) is 11.1 Å². The van der Waals surface area contributed by atoms with Crippen LogP contribution in [0.4, 0.5) is 0 Å². The first kappa shape index (κ1) is 17.0. The predicted octanol–water partition coefficient (Wildman–Crippen LogP) is 5.38. The molecule has 0 atom stereocenters. The fourth-order valence-electron chi connectivity index (χ4n) is 1.97. The summed E-state index contributed by atoms with van der Waals surface area (Å²) in [4.78, 5) is 10.8. The zero-order chi connectivity index (χ0) is 16.0. The molecule has 0 aliphatic heterocycles. The van der Waals surface area contributed by atoms with E-state index in [0.29, 0.717) is 5.56 Å². The Hall–Kier alpha value is -2.09. The fourth-order valence-corrected chi connectivity index (χ4v) is 1.97. The zero-order valence-corrected chi connectivity index (χ0v) is 13.5. The smallest absolute Gasteiger partial charge is 0.335 e. The molecule has 2 heteroatoms. The van der Waals surface area contributed by atoms with Crippen molar-refractivity contribution in [1.82, 2.24) is 0 Å². The molecule has 0 bridgehead atoms. The third kappa shape index (κ3) is 4.45. The van der Waals surface area contributed by atoms with Crippen LogP contribution in [0.3, 0.4) is 0 Å². The van der Waals surface area contributed by atoms with Crippen LogP contribution >= 0.6 is 0 Å². The third-order valence-electron chi connectivity index (χ3n) is 3.22. The molecule has 0 heterocycles. The summed E-state index contributed by atoms with van der Waals surface area (Å²) in [5, 5.41) is 8.87. The molecule has 2 nitrogen and oxygen atoms in total. The Kier molecular flexibility index (Phi) is 5.71. The molecule has 0 radical (unpaired) electrons. The van der Waals surface area contributed by atoms with Crippen LogP contribution in [0.25, 0.3) is 11.1 Å². The van der Waals surface area contributed by atoms with E-state index in [4.69, 9.17) is 5.11 Å². The van der Waals surface area contributed by atoms with Gasteiger partial charge in [-0.15, -0.1) is 0 Å². The van der Waals surface area contributed by atoms with E-state index in [1.54, 1.807) is 12.1 Å². The van der Waals surface area contributed by atoms with Gasteiger partial charge in [-0.25, -0.2) is 4.79 Å². The normalized spacial score (nSPS) is 10.5. The van der Waals surface area contributed by atoms with Crippen LogP contribution in [0, 0.1) is 0 Å². The zero-order valence-electron chi connectivity index (χ0n) is 13.5. The maximum absolute atomic E-state index is 10.8. The van der Waals surface area contributed by atoms with Crippen molar-refractivity contribution in [1.29, 1.82) is 0 Å². The van der Waals surface area contributed by atoms with E-state index in [9.17, 15) is 4.79 Å². The van der Waals surface area contributed by atoms with Crippen molar-refractivity contribution in [2.45, 2.75) is 40.0 Å². The highest BCUT2D eigenvalue weighted by Gasteiger charge is 2.13. The number of carbonyl (C=O) groups is 1. The number of rotatable bonds is 2. The summed E-state index contributed by atoms with van der Waals surface area (Å²) < 4.78 is 0. The van der Waals surface area contributed by atoms with Crippen molar-refractivity contribution < 1.29 is 9.90 Å². The van der Waals surface area contributed by atoms with Gasteiger partial charge in [-0.05, 0) is 34.2 Å². The average Bonchev–Trinajstić information content (AvgIpc) is 2.49. The second-order valence-corrected chi connectivity index (χ2v) is 5.71. The summed E-state index contributed by atoms with van der Waals surface area (Å²) in [7, 11) is 0. The van der Waals surface area contributed by atoms with Gasteiger partial charge in [-0.3, -0.25) is 0 Å². The topological polar surface area (TPSA) is 37.3 Å². The molecular formula is C19H24O2. The van der Waals surface area contributed by atoms with E-state index in [2.05, 4.69) is 45.0 Å². The van der Waals surface area contributed by atoms with Gasteiger partial charge in [0.05, 0.1) is 5.56 Å². The summed E-state index contributed by atoms with van der Waals surface area (Å²) in [6, 6.07) is 15.4. The molecule has 21 heavy (non-hydrogen) atoms. The lowest BCUT2D eigenvalue weighted by atomic mass is 9.86. The maximum Gasteiger partial charge on any atom is 0.335 e. The van der Waals surface area contributed by atoms with Crippen LogP contribution in [0.1, 0.15) is 50.5 Å².